The first-order valence-corrected chi connectivity index (χ1v) is 9.60. The monoisotopic (exact) mass is 378 g/mol. The average molecular weight is 378 g/mol. The van der Waals surface area contributed by atoms with Gasteiger partial charge in [-0.3, -0.25) is 14.6 Å². The molecule has 0 aromatic carbocycles. The summed E-state index contributed by atoms with van der Waals surface area (Å²) in [6.45, 7) is 5.63. The predicted octanol–water partition coefficient (Wildman–Crippen LogP) is -0.104. The van der Waals surface area contributed by atoms with Crippen LogP contribution in [-0.4, -0.2) is 35.5 Å². The van der Waals surface area contributed by atoms with E-state index in [0.717, 1.165) is 19.3 Å². The van der Waals surface area contributed by atoms with Crippen molar-refractivity contribution in [1.82, 2.24) is 5.32 Å². The number of carboxylic acid groups (broad SMARTS) is 1. The molecule has 0 aliphatic heterocycles. The molecular weight excluding hydrogens is 343 g/mol. The Morgan fingerprint density at radius 1 is 1.04 bits per heavy atom. The number of aliphatic imine (C=N–C) groups is 1. The van der Waals surface area contributed by atoms with Gasteiger partial charge in [-0.2, -0.15) is 0 Å². The van der Waals surface area contributed by atoms with Gasteiger partial charge in [-0.05, 0) is 31.1 Å². The number of hydrogen-bond donors (Lipinski definition) is 2. The van der Waals surface area contributed by atoms with Crippen molar-refractivity contribution in [2.24, 2.45) is 10.9 Å². The second-order valence-corrected chi connectivity index (χ2v) is 7.00. The maximum absolute atomic E-state index is 12.0. The van der Waals surface area contributed by atoms with E-state index in [9.17, 15) is 14.7 Å². The van der Waals surface area contributed by atoms with Crippen LogP contribution in [0, 0.1) is 5.92 Å². The number of aliphatic carboxylic acids is 1. The van der Waals surface area contributed by atoms with Gasteiger partial charge < -0.3 is 15.5 Å². The third-order valence-corrected chi connectivity index (χ3v) is 3.96. The minimum absolute atomic E-state index is 0. The van der Waals surface area contributed by atoms with Gasteiger partial charge in [0.05, 0.1) is 0 Å². The molecule has 0 saturated heterocycles. The van der Waals surface area contributed by atoms with Gasteiger partial charge in [-0.1, -0.05) is 65.7 Å². The van der Waals surface area contributed by atoms with Crippen LogP contribution in [0.3, 0.4) is 0 Å². The first-order valence-electron chi connectivity index (χ1n) is 9.60. The Hall–Kier alpha value is -0.590. The standard InChI is InChI=1S/C19H36N2O4.Na/c1-4-5-6-7-8-9-10-11-12-17(22)21-16(13-15(2)3)19(25)20-14-18(23)24;/h15-16H,4-14H2,1-3H3,(H,20,25)(H,21,22)(H,23,24);/q;+1/p-1/t16-;/m0./s1. The zero-order valence-corrected chi connectivity index (χ0v) is 19.1. The Balaban J connectivity index is 0. The summed E-state index contributed by atoms with van der Waals surface area (Å²) in [6.07, 6.45) is 10.0. The molecule has 0 aromatic rings. The van der Waals surface area contributed by atoms with E-state index in [1.165, 1.54) is 32.1 Å². The fourth-order valence-corrected chi connectivity index (χ4v) is 2.59. The van der Waals surface area contributed by atoms with Crippen molar-refractivity contribution in [3.63, 3.8) is 0 Å². The number of amides is 1. The van der Waals surface area contributed by atoms with E-state index in [1.54, 1.807) is 0 Å². The summed E-state index contributed by atoms with van der Waals surface area (Å²) in [5, 5.41) is 22.9. The fourth-order valence-electron chi connectivity index (χ4n) is 2.59. The van der Waals surface area contributed by atoms with Gasteiger partial charge in [0.2, 0.25) is 5.91 Å². The van der Waals surface area contributed by atoms with Crippen LogP contribution in [0.15, 0.2) is 4.99 Å². The Morgan fingerprint density at radius 2 is 1.58 bits per heavy atom. The summed E-state index contributed by atoms with van der Waals surface area (Å²) in [7, 11) is 0. The summed E-state index contributed by atoms with van der Waals surface area (Å²) in [5.74, 6) is -1.66. The van der Waals surface area contributed by atoms with Gasteiger partial charge in [0.1, 0.15) is 12.6 Å². The molecule has 1 amide bonds. The maximum atomic E-state index is 12.0. The molecule has 0 radical (unpaired) electrons. The molecule has 0 aromatic heterocycles. The van der Waals surface area contributed by atoms with E-state index in [0.29, 0.717) is 12.8 Å². The Bertz CT molecular complexity index is 414. The van der Waals surface area contributed by atoms with Crippen LogP contribution in [0.25, 0.3) is 0 Å². The van der Waals surface area contributed by atoms with E-state index in [4.69, 9.17) is 5.11 Å². The van der Waals surface area contributed by atoms with E-state index < -0.39 is 24.5 Å². The maximum Gasteiger partial charge on any atom is 1.00 e. The second-order valence-electron chi connectivity index (χ2n) is 7.00. The van der Waals surface area contributed by atoms with Gasteiger partial charge in [0, 0.05) is 0 Å². The predicted molar refractivity (Wildman–Crippen MR) is 98.6 cm³/mol. The summed E-state index contributed by atoms with van der Waals surface area (Å²) in [4.78, 5) is 26.6. The molecule has 0 saturated carbocycles. The molecule has 0 bridgehead atoms. The average Bonchev–Trinajstić information content (AvgIpc) is 2.54. The zero-order chi connectivity index (χ0) is 19.1. The molecule has 0 heterocycles. The molecule has 26 heavy (non-hydrogen) atoms. The largest absolute Gasteiger partial charge is 1.00 e. The zero-order valence-electron chi connectivity index (χ0n) is 17.1. The molecule has 6 nitrogen and oxygen atoms in total. The summed E-state index contributed by atoms with van der Waals surface area (Å²) < 4.78 is 0. The Labute approximate surface area is 180 Å². The molecule has 0 aliphatic carbocycles. The molecule has 0 rings (SSSR count). The normalized spacial score (nSPS) is 12.5. The van der Waals surface area contributed by atoms with Gasteiger partial charge >= 0.3 is 35.5 Å². The molecule has 2 N–H and O–H groups in total. The SMILES string of the molecule is CCCCCCCCCCC([O-])=N[C@@H](CC(C)C)C(=O)NCC(=O)O.[Na+]. The van der Waals surface area contributed by atoms with Crippen LogP contribution in [0.5, 0.6) is 0 Å². The minimum atomic E-state index is -1.11. The number of nitrogens with zero attached hydrogens (tertiary/aromatic N) is 1. The van der Waals surface area contributed by atoms with Gasteiger partial charge in [0.25, 0.3) is 0 Å². The van der Waals surface area contributed by atoms with Crippen molar-refractivity contribution in [2.45, 2.75) is 91.0 Å². The fraction of sp³-hybridized carbons (Fsp3) is 0.842. The van der Waals surface area contributed by atoms with Crippen LogP contribution in [0.1, 0.15) is 85.0 Å². The molecular formula is C19H35N2NaO4. The molecule has 0 fully saturated rings. The van der Waals surface area contributed by atoms with Crippen molar-refractivity contribution >= 4 is 17.8 Å². The molecule has 0 aliphatic rings. The van der Waals surface area contributed by atoms with Crippen LogP contribution in [0.4, 0.5) is 0 Å². The quantitative estimate of drug-likeness (QED) is 0.180. The van der Waals surface area contributed by atoms with Crippen LogP contribution >= 0.6 is 0 Å². The van der Waals surface area contributed by atoms with E-state index >= 15 is 0 Å². The van der Waals surface area contributed by atoms with Gasteiger partial charge in [-0.15, -0.1) is 0 Å². The number of carbonyl (C=O) groups excluding carboxylic acids is 1. The molecule has 1 atom stereocenters. The Kier molecular flexibility index (Phi) is 18.9. The van der Waals surface area contributed by atoms with Crippen molar-refractivity contribution < 1.29 is 49.4 Å². The van der Waals surface area contributed by atoms with Gasteiger partial charge in [-0.25, -0.2) is 0 Å². The number of nitrogens with one attached hydrogen (secondary N) is 1. The number of carbonyl (C=O) groups is 2. The van der Waals surface area contributed by atoms with Crippen LogP contribution < -0.4 is 40.0 Å². The molecule has 0 unspecified atom stereocenters. The minimum Gasteiger partial charge on any atom is -0.862 e. The molecule has 146 valence electrons. The first kappa shape index (κ1) is 27.6. The van der Waals surface area contributed by atoms with Crippen molar-refractivity contribution in [3.05, 3.63) is 0 Å². The second kappa shape index (κ2) is 17.8. The molecule has 0 spiro atoms. The number of rotatable bonds is 15. The third-order valence-electron chi connectivity index (χ3n) is 3.96. The summed E-state index contributed by atoms with van der Waals surface area (Å²) in [5.41, 5.74) is 0. The first-order chi connectivity index (χ1) is 11.9. The van der Waals surface area contributed by atoms with Crippen molar-refractivity contribution in [3.8, 4) is 0 Å². The topological polar surface area (TPSA) is 102 Å². The summed E-state index contributed by atoms with van der Waals surface area (Å²) >= 11 is 0. The van der Waals surface area contributed by atoms with Crippen LogP contribution in [-0.2, 0) is 9.59 Å². The number of hydrogen-bond acceptors (Lipinski definition) is 4. The number of unbranched alkanes of at least 4 members (excludes halogenated alkanes) is 7. The van der Waals surface area contributed by atoms with E-state index in [-0.39, 0.29) is 41.4 Å². The van der Waals surface area contributed by atoms with E-state index in [2.05, 4.69) is 17.2 Å². The van der Waals surface area contributed by atoms with Crippen molar-refractivity contribution in [2.75, 3.05) is 6.54 Å². The van der Waals surface area contributed by atoms with Gasteiger partial charge in [0.15, 0.2) is 0 Å². The molecule has 7 heteroatoms. The van der Waals surface area contributed by atoms with Crippen LogP contribution in [0.2, 0.25) is 0 Å². The van der Waals surface area contributed by atoms with E-state index in [1.807, 2.05) is 13.8 Å². The Morgan fingerprint density at radius 3 is 2.08 bits per heavy atom. The summed E-state index contributed by atoms with van der Waals surface area (Å²) in [6, 6.07) is -0.791. The smallest absolute Gasteiger partial charge is 0.862 e. The number of carboxylic acids is 1. The van der Waals surface area contributed by atoms with Crippen molar-refractivity contribution in [1.29, 1.82) is 0 Å². The third kappa shape index (κ3) is 16.9.